The first-order valence-corrected chi connectivity index (χ1v) is 29.0. The van der Waals surface area contributed by atoms with Crippen LogP contribution in [-0.2, 0) is 0 Å². The van der Waals surface area contributed by atoms with Gasteiger partial charge < -0.3 is 18.3 Å². The molecule has 0 spiro atoms. The first-order chi connectivity index (χ1) is 42.6. The summed E-state index contributed by atoms with van der Waals surface area (Å²) in [5.74, 6) is 0. The average Bonchev–Trinajstić information content (AvgIpc) is 1.70. The Bertz CT molecular complexity index is 4860. The molecule has 13 aromatic carbocycles. The Kier molecular flexibility index (Phi) is 11.0. The molecule has 6 heteroatoms. The molecule has 0 saturated heterocycles. The van der Waals surface area contributed by atoms with Crippen molar-refractivity contribution in [2.24, 2.45) is 0 Å². The molecular formula is C80H48N6. The van der Waals surface area contributed by atoms with Gasteiger partial charge in [0.25, 0.3) is 0 Å². The summed E-state index contributed by atoms with van der Waals surface area (Å²) >= 11 is 0. The van der Waals surface area contributed by atoms with Gasteiger partial charge in [0.2, 0.25) is 0 Å². The zero-order valence-electron chi connectivity index (χ0n) is 46.4. The Labute approximate surface area is 495 Å². The van der Waals surface area contributed by atoms with Gasteiger partial charge in [0, 0.05) is 88.1 Å². The van der Waals surface area contributed by atoms with E-state index in [1.807, 2.05) is 0 Å². The molecule has 0 aliphatic rings. The lowest BCUT2D eigenvalue weighted by molar-refractivity contribution is 1.18. The van der Waals surface area contributed by atoms with E-state index in [0.29, 0.717) is 33.4 Å². The molecule has 0 saturated carbocycles. The van der Waals surface area contributed by atoms with Crippen LogP contribution in [0.3, 0.4) is 0 Å². The molecule has 17 rings (SSSR count). The highest BCUT2D eigenvalue weighted by molar-refractivity contribution is 6.13. The topological polar surface area (TPSA) is 67.3 Å². The Morgan fingerprint density at radius 1 is 0.198 bits per heavy atom. The Balaban J connectivity index is 1.01. The first kappa shape index (κ1) is 48.7. The summed E-state index contributed by atoms with van der Waals surface area (Å²) in [6, 6.07) is 108. The molecule has 0 radical (unpaired) electrons. The Hall–Kier alpha value is -12.0. The summed E-state index contributed by atoms with van der Waals surface area (Å²) in [4.78, 5) is 0. The van der Waals surface area contributed by atoms with E-state index in [1.165, 1.54) is 0 Å². The zero-order chi connectivity index (χ0) is 57.0. The van der Waals surface area contributed by atoms with Crippen LogP contribution in [0.2, 0.25) is 0 Å². The third-order valence-electron chi connectivity index (χ3n) is 17.6. The number of hydrogen-bond donors (Lipinski definition) is 0. The number of benzene rings is 13. The van der Waals surface area contributed by atoms with Crippen molar-refractivity contribution in [3.8, 4) is 79.4 Å². The van der Waals surface area contributed by atoms with Crippen LogP contribution in [-0.4, -0.2) is 18.3 Å². The highest BCUT2D eigenvalue weighted by atomic mass is 15.0. The highest BCUT2D eigenvalue weighted by Gasteiger charge is 2.30. The average molecular weight is 1090 g/mol. The van der Waals surface area contributed by atoms with Crippen LogP contribution in [0, 0.1) is 22.7 Å². The normalized spacial score (nSPS) is 11.7. The van der Waals surface area contributed by atoms with Crippen molar-refractivity contribution < 1.29 is 0 Å². The molecule has 4 aromatic heterocycles. The van der Waals surface area contributed by atoms with Crippen LogP contribution in [0.4, 0.5) is 0 Å². The van der Waals surface area contributed by atoms with Crippen molar-refractivity contribution in [3.05, 3.63) is 302 Å². The maximum Gasteiger partial charge on any atom is 0.100 e. The second kappa shape index (κ2) is 19.3. The second-order valence-electron chi connectivity index (χ2n) is 22.2. The van der Waals surface area contributed by atoms with E-state index < -0.39 is 0 Å². The molecule has 0 aliphatic carbocycles. The lowest BCUT2D eigenvalue weighted by atomic mass is 9.77. The summed E-state index contributed by atoms with van der Waals surface area (Å²) in [5.41, 5.74) is 19.1. The van der Waals surface area contributed by atoms with E-state index in [0.717, 1.165) is 132 Å². The second-order valence-corrected chi connectivity index (χ2v) is 22.2. The van der Waals surface area contributed by atoms with Crippen molar-refractivity contribution in [1.82, 2.24) is 18.3 Å². The Morgan fingerprint density at radius 2 is 0.372 bits per heavy atom. The van der Waals surface area contributed by atoms with Crippen LogP contribution in [0.5, 0.6) is 0 Å². The SMILES string of the molecule is N#Cc1c(-c2cccc(-n3c4ccccc4c4ccccc43)c2)c(-c2cccc(-n3c4ccccc4c4ccccc43)c2)c(C#N)c(-c2cccc(-n3c4ccccc4c4ccccc43)c2)c1-c1cccc(-n2c3ccccc3c3ccccc32)c1. The lowest BCUT2D eigenvalue weighted by Gasteiger charge is -2.24. The molecule has 0 unspecified atom stereocenters. The lowest BCUT2D eigenvalue weighted by Crippen LogP contribution is -2.04. The summed E-state index contributed by atoms with van der Waals surface area (Å²) < 4.78 is 9.27. The number of hydrogen-bond acceptors (Lipinski definition) is 2. The first-order valence-electron chi connectivity index (χ1n) is 29.0. The van der Waals surface area contributed by atoms with Crippen molar-refractivity contribution in [2.75, 3.05) is 0 Å². The van der Waals surface area contributed by atoms with E-state index in [9.17, 15) is 10.5 Å². The largest absolute Gasteiger partial charge is 0.309 e. The number of aromatic nitrogens is 4. The minimum Gasteiger partial charge on any atom is -0.309 e. The predicted molar refractivity (Wildman–Crippen MR) is 355 cm³/mol. The number of nitrogens with zero attached hydrogens (tertiary/aromatic N) is 6. The standard InChI is InChI=1S/C80H48N6/c81-49-67-77(51-21-17-25-55(45-51)83-69-37-9-1-29-59(69)60-30-2-10-38-70(60)83)78(52-22-18-26-56(46-52)84-71-39-11-3-31-61(71)62-32-4-12-40-72(62)84)68(50-82)80(54-24-20-28-58(48-54)86-75-43-15-7-35-65(75)66-36-8-16-44-76(66)86)79(67)53-23-19-27-57(47-53)85-73-41-13-5-33-63(73)64-34-6-14-42-74(64)85/h1-48H. The van der Waals surface area contributed by atoms with Crippen LogP contribution in [0.25, 0.3) is 154 Å². The molecule has 17 aromatic rings. The Morgan fingerprint density at radius 3 is 0.547 bits per heavy atom. The molecule has 0 amide bonds. The monoisotopic (exact) mass is 1090 g/mol. The van der Waals surface area contributed by atoms with E-state index in [2.05, 4.69) is 322 Å². The predicted octanol–water partition coefficient (Wildman–Crippen LogP) is 20.5. The van der Waals surface area contributed by atoms with Crippen molar-refractivity contribution in [3.63, 3.8) is 0 Å². The fourth-order valence-electron chi connectivity index (χ4n) is 14.1. The third-order valence-corrected chi connectivity index (χ3v) is 17.6. The van der Waals surface area contributed by atoms with Crippen LogP contribution in [0.1, 0.15) is 11.1 Å². The maximum atomic E-state index is 12.5. The molecule has 4 heterocycles. The van der Waals surface area contributed by atoms with E-state index >= 15 is 0 Å². The van der Waals surface area contributed by atoms with Crippen molar-refractivity contribution in [1.29, 1.82) is 10.5 Å². The molecule has 398 valence electrons. The zero-order valence-corrected chi connectivity index (χ0v) is 46.4. The van der Waals surface area contributed by atoms with Gasteiger partial charge in [0.05, 0.1) is 55.3 Å². The molecule has 6 nitrogen and oxygen atoms in total. The summed E-state index contributed by atoms with van der Waals surface area (Å²) in [7, 11) is 0. The van der Waals surface area contributed by atoms with Gasteiger partial charge in [-0.15, -0.1) is 0 Å². The number of fused-ring (bicyclic) bond motifs is 12. The van der Waals surface area contributed by atoms with Crippen molar-refractivity contribution >= 4 is 87.2 Å². The fraction of sp³-hybridized carbons (Fsp3) is 0. The minimum atomic E-state index is 0.456. The van der Waals surface area contributed by atoms with Gasteiger partial charge >= 0.3 is 0 Å². The van der Waals surface area contributed by atoms with Crippen molar-refractivity contribution in [2.45, 2.75) is 0 Å². The molecule has 0 bridgehead atoms. The van der Waals surface area contributed by atoms with Crippen LogP contribution >= 0.6 is 0 Å². The number of para-hydroxylation sites is 8. The summed E-state index contributed by atoms with van der Waals surface area (Å²) in [6.07, 6.45) is 0. The minimum absolute atomic E-state index is 0.456. The molecule has 86 heavy (non-hydrogen) atoms. The van der Waals surface area contributed by atoms with Crippen LogP contribution < -0.4 is 0 Å². The van der Waals surface area contributed by atoms with Gasteiger partial charge in [-0.05, 0) is 119 Å². The highest BCUT2D eigenvalue weighted by Crippen LogP contribution is 2.51. The summed E-state index contributed by atoms with van der Waals surface area (Å²) in [6.45, 7) is 0. The number of nitriles is 2. The van der Waals surface area contributed by atoms with Gasteiger partial charge in [-0.2, -0.15) is 10.5 Å². The summed E-state index contributed by atoms with van der Waals surface area (Å²) in [5, 5.41) is 34.3. The van der Waals surface area contributed by atoms with Gasteiger partial charge in [-0.1, -0.05) is 194 Å². The van der Waals surface area contributed by atoms with E-state index in [-0.39, 0.29) is 0 Å². The maximum absolute atomic E-state index is 12.5. The molecule has 0 fully saturated rings. The number of rotatable bonds is 8. The smallest absolute Gasteiger partial charge is 0.100 e. The molecular weight excluding hydrogens is 1040 g/mol. The molecule has 0 aliphatic heterocycles. The third kappa shape index (κ3) is 7.24. The van der Waals surface area contributed by atoms with E-state index in [1.54, 1.807) is 0 Å². The van der Waals surface area contributed by atoms with Gasteiger partial charge in [0.15, 0.2) is 0 Å². The molecule has 0 N–H and O–H groups in total. The molecule has 0 atom stereocenters. The van der Waals surface area contributed by atoms with Gasteiger partial charge in [-0.25, -0.2) is 0 Å². The van der Waals surface area contributed by atoms with Gasteiger partial charge in [-0.3, -0.25) is 0 Å². The quantitative estimate of drug-likeness (QED) is 0.152. The fourth-order valence-corrected chi connectivity index (χ4v) is 14.1. The van der Waals surface area contributed by atoms with Gasteiger partial charge in [0.1, 0.15) is 12.1 Å². The van der Waals surface area contributed by atoms with Crippen LogP contribution in [0.15, 0.2) is 291 Å². The van der Waals surface area contributed by atoms with E-state index in [4.69, 9.17) is 0 Å².